The first-order valence-corrected chi connectivity index (χ1v) is 20.5. The summed E-state index contributed by atoms with van der Waals surface area (Å²) in [7, 11) is 3.84. The van der Waals surface area contributed by atoms with Crippen LogP contribution in [-0.2, 0) is 40.0 Å². The third-order valence-electron chi connectivity index (χ3n) is 11.5. The van der Waals surface area contributed by atoms with Gasteiger partial charge < -0.3 is 9.13 Å². The van der Waals surface area contributed by atoms with Crippen molar-refractivity contribution in [2.45, 2.75) is 60.5 Å². The van der Waals surface area contributed by atoms with Gasteiger partial charge in [-0.1, -0.05) is 43.3 Å². The summed E-state index contributed by atoms with van der Waals surface area (Å²) in [5.41, 5.74) is 15.3. The summed E-state index contributed by atoms with van der Waals surface area (Å²) in [5, 5.41) is 15.0. The standard InChI is InChI=1S/C49H50N10O2/c1-8-38-24-43(45-27-51-49(57(45)7)55-47(61)40-15-10-13-36(23-40)28-58-17-11-16-52-58)34(5)19-41(38)30-59-29-37(25-53-59)21-35-12-9-14-39(22-35)46(60)54-48-50-26-44(56(48)6)42-20-32(3)31(2)18-33(42)4/h9-20,22-27,29H,8,21,28,30H2,1-7H3,(H,50,54,60)(H,51,55,61). The Morgan fingerprint density at radius 1 is 0.590 bits per heavy atom. The van der Waals surface area contributed by atoms with Gasteiger partial charge in [-0.15, -0.1) is 0 Å². The van der Waals surface area contributed by atoms with Crippen molar-refractivity contribution in [1.29, 1.82) is 0 Å². The number of aryl methyl sites for hydroxylation is 5. The first-order chi connectivity index (χ1) is 29.4. The van der Waals surface area contributed by atoms with E-state index in [0.29, 0.717) is 42.5 Å². The number of carbonyl (C=O) groups excluding carboxylic acids is 2. The predicted octanol–water partition coefficient (Wildman–Crippen LogP) is 8.87. The molecule has 0 saturated carbocycles. The summed E-state index contributed by atoms with van der Waals surface area (Å²) in [6.07, 6.45) is 12.7. The van der Waals surface area contributed by atoms with Gasteiger partial charge in [-0.25, -0.2) is 9.97 Å². The number of carbonyl (C=O) groups is 2. The van der Waals surface area contributed by atoms with Crippen LogP contribution in [-0.4, -0.2) is 50.5 Å². The first kappa shape index (κ1) is 40.4. The van der Waals surface area contributed by atoms with Gasteiger partial charge in [0.2, 0.25) is 11.9 Å². The topological polar surface area (TPSA) is 129 Å². The average molecular weight is 811 g/mol. The van der Waals surface area contributed by atoms with Crippen LogP contribution in [0.4, 0.5) is 11.9 Å². The molecule has 61 heavy (non-hydrogen) atoms. The Labute approximate surface area is 355 Å². The molecule has 0 aliphatic heterocycles. The third kappa shape index (κ3) is 8.70. The number of benzene rings is 4. The Bertz CT molecular complexity index is 2890. The zero-order valence-corrected chi connectivity index (χ0v) is 35.7. The van der Waals surface area contributed by atoms with Crippen LogP contribution >= 0.6 is 0 Å². The highest BCUT2D eigenvalue weighted by molar-refractivity contribution is 6.04. The smallest absolute Gasteiger partial charge is 0.257 e. The fourth-order valence-corrected chi connectivity index (χ4v) is 7.91. The summed E-state index contributed by atoms with van der Waals surface area (Å²) in [5.74, 6) is 0.531. The molecule has 12 heteroatoms. The van der Waals surface area contributed by atoms with Gasteiger partial charge in [0, 0.05) is 61.4 Å². The normalized spacial score (nSPS) is 11.3. The molecular weight excluding hydrogens is 761 g/mol. The number of hydrogen-bond donors (Lipinski definition) is 2. The Morgan fingerprint density at radius 2 is 1.20 bits per heavy atom. The molecule has 2 amide bonds. The van der Waals surface area contributed by atoms with Gasteiger partial charge >= 0.3 is 0 Å². The minimum atomic E-state index is -0.223. The maximum Gasteiger partial charge on any atom is 0.257 e. The highest BCUT2D eigenvalue weighted by atomic mass is 16.2. The maximum absolute atomic E-state index is 13.5. The second-order valence-electron chi connectivity index (χ2n) is 15.8. The summed E-state index contributed by atoms with van der Waals surface area (Å²) in [6.45, 7) is 11.8. The molecule has 0 spiro atoms. The number of hydrogen-bond acceptors (Lipinski definition) is 6. The molecule has 0 atom stereocenters. The van der Waals surface area contributed by atoms with Gasteiger partial charge in [0.25, 0.3) is 11.8 Å². The molecule has 0 aliphatic rings. The highest BCUT2D eigenvalue weighted by Crippen LogP contribution is 2.31. The van der Waals surface area contributed by atoms with Gasteiger partial charge in [-0.3, -0.25) is 29.6 Å². The van der Waals surface area contributed by atoms with E-state index in [1.165, 1.54) is 27.8 Å². The Kier molecular flexibility index (Phi) is 11.3. The lowest BCUT2D eigenvalue weighted by Crippen LogP contribution is -2.16. The number of amides is 2. The van der Waals surface area contributed by atoms with Gasteiger partial charge in [-0.05, 0) is 127 Å². The van der Waals surface area contributed by atoms with Crippen molar-refractivity contribution in [3.05, 3.63) is 177 Å². The number of nitrogens with one attached hydrogen (secondary N) is 2. The molecule has 0 saturated heterocycles. The lowest BCUT2D eigenvalue weighted by molar-refractivity contribution is 0.101. The minimum absolute atomic E-state index is 0.212. The van der Waals surface area contributed by atoms with Gasteiger partial charge in [0.05, 0.1) is 43.1 Å². The fourth-order valence-electron chi connectivity index (χ4n) is 7.91. The highest BCUT2D eigenvalue weighted by Gasteiger charge is 2.18. The summed E-state index contributed by atoms with van der Waals surface area (Å²) < 4.78 is 7.64. The molecule has 0 aliphatic carbocycles. The van der Waals surface area contributed by atoms with E-state index in [1.807, 2.05) is 106 Å². The van der Waals surface area contributed by atoms with Crippen LogP contribution in [0, 0.1) is 27.7 Å². The van der Waals surface area contributed by atoms with Gasteiger partial charge in [-0.2, -0.15) is 10.2 Å². The molecule has 12 nitrogen and oxygen atoms in total. The van der Waals surface area contributed by atoms with Crippen molar-refractivity contribution in [3.63, 3.8) is 0 Å². The molecule has 4 heterocycles. The Balaban J connectivity index is 0.919. The Hall–Kier alpha value is -7.34. The van der Waals surface area contributed by atoms with Crippen molar-refractivity contribution >= 4 is 23.7 Å². The molecule has 0 fully saturated rings. The summed E-state index contributed by atoms with van der Waals surface area (Å²) >= 11 is 0. The van der Waals surface area contributed by atoms with Crippen molar-refractivity contribution < 1.29 is 9.59 Å². The lowest BCUT2D eigenvalue weighted by Gasteiger charge is -2.15. The van der Waals surface area contributed by atoms with E-state index >= 15 is 0 Å². The van der Waals surface area contributed by atoms with Crippen molar-refractivity contribution in [2.24, 2.45) is 14.1 Å². The van der Waals surface area contributed by atoms with E-state index in [-0.39, 0.29) is 11.8 Å². The number of anilines is 2. The largest absolute Gasteiger partial charge is 0.313 e. The molecular formula is C49H50N10O2. The second-order valence-corrected chi connectivity index (χ2v) is 15.8. The second kappa shape index (κ2) is 17.1. The molecule has 308 valence electrons. The van der Waals surface area contributed by atoms with Crippen LogP contribution in [0.5, 0.6) is 0 Å². The lowest BCUT2D eigenvalue weighted by atomic mass is 9.96. The number of imidazole rings is 2. The zero-order valence-electron chi connectivity index (χ0n) is 35.7. The molecule has 8 aromatic rings. The van der Waals surface area contributed by atoms with Crippen LogP contribution < -0.4 is 10.6 Å². The number of aromatic nitrogens is 8. The quantitative estimate of drug-likeness (QED) is 0.120. The predicted molar refractivity (Wildman–Crippen MR) is 240 cm³/mol. The fraction of sp³-hybridized carbons (Fsp3) is 0.224. The maximum atomic E-state index is 13.5. The van der Waals surface area contributed by atoms with Crippen molar-refractivity contribution in [3.8, 4) is 22.5 Å². The number of nitrogens with zero attached hydrogens (tertiary/aromatic N) is 8. The van der Waals surface area contributed by atoms with E-state index in [2.05, 4.69) is 90.8 Å². The summed E-state index contributed by atoms with van der Waals surface area (Å²) in [4.78, 5) is 35.9. The van der Waals surface area contributed by atoms with Crippen LogP contribution in [0.1, 0.15) is 77.7 Å². The monoisotopic (exact) mass is 810 g/mol. The molecule has 4 aromatic heterocycles. The van der Waals surface area contributed by atoms with Crippen LogP contribution in [0.25, 0.3) is 22.5 Å². The van der Waals surface area contributed by atoms with Crippen LogP contribution in [0.3, 0.4) is 0 Å². The Morgan fingerprint density at radius 3 is 1.84 bits per heavy atom. The molecule has 2 N–H and O–H groups in total. The summed E-state index contributed by atoms with van der Waals surface area (Å²) in [6, 6.07) is 25.9. The van der Waals surface area contributed by atoms with E-state index in [0.717, 1.165) is 51.2 Å². The van der Waals surface area contributed by atoms with Gasteiger partial charge in [0.1, 0.15) is 0 Å². The van der Waals surface area contributed by atoms with Crippen molar-refractivity contribution in [2.75, 3.05) is 10.6 Å². The molecule has 0 radical (unpaired) electrons. The van der Waals surface area contributed by atoms with E-state index in [4.69, 9.17) is 5.10 Å². The molecule has 8 rings (SSSR count). The SMILES string of the molecule is CCc1cc(-c2cnc(NC(=O)c3cccc(Cn4cccn4)c3)n2C)c(C)cc1Cn1cc(Cc2cccc(C(=O)Nc3ncc(-c4cc(C)c(C)cc4C)n3C)c2)cn1. The number of rotatable bonds is 13. The van der Waals surface area contributed by atoms with E-state index in [9.17, 15) is 9.59 Å². The molecule has 0 bridgehead atoms. The molecule has 0 unspecified atom stereocenters. The average Bonchev–Trinajstić information content (AvgIpc) is 4.07. The van der Waals surface area contributed by atoms with Gasteiger partial charge in [0.15, 0.2) is 0 Å². The van der Waals surface area contributed by atoms with Crippen LogP contribution in [0.2, 0.25) is 0 Å². The minimum Gasteiger partial charge on any atom is -0.313 e. The van der Waals surface area contributed by atoms with E-state index < -0.39 is 0 Å². The first-order valence-electron chi connectivity index (χ1n) is 20.5. The van der Waals surface area contributed by atoms with Crippen LogP contribution in [0.15, 0.2) is 116 Å². The molecule has 4 aromatic carbocycles. The zero-order chi connectivity index (χ0) is 42.8. The van der Waals surface area contributed by atoms with E-state index in [1.54, 1.807) is 12.3 Å². The third-order valence-corrected chi connectivity index (χ3v) is 11.5. The van der Waals surface area contributed by atoms with Crippen molar-refractivity contribution in [1.82, 2.24) is 38.7 Å².